The molecule has 3 rings (SSSR count). The van der Waals surface area contributed by atoms with E-state index in [1.807, 2.05) is 19.4 Å². The minimum atomic E-state index is -0.768. The van der Waals surface area contributed by atoms with Crippen LogP contribution in [0.4, 0.5) is 5.13 Å². The van der Waals surface area contributed by atoms with Crippen molar-refractivity contribution in [1.29, 1.82) is 0 Å². The van der Waals surface area contributed by atoms with Gasteiger partial charge in [0.15, 0.2) is 5.13 Å². The van der Waals surface area contributed by atoms with Gasteiger partial charge >= 0.3 is 5.97 Å². The fourth-order valence-corrected chi connectivity index (χ4v) is 3.52. The first-order valence-corrected chi connectivity index (χ1v) is 7.39. The molecule has 0 saturated carbocycles. The minimum Gasteiger partial charge on any atom is -0.481 e. The van der Waals surface area contributed by atoms with Crippen LogP contribution in [0.3, 0.4) is 0 Å². The van der Waals surface area contributed by atoms with Crippen LogP contribution in [0.5, 0.6) is 0 Å². The Hall–Kier alpha value is -1.89. The number of aryl methyl sites for hydroxylation is 2. The Morgan fingerprint density at radius 1 is 1.65 bits per heavy atom. The van der Waals surface area contributed by atoms with Crippen molar-refractivity contribution in [2.75, 3.05) is 11.9 Å². The number of hydrogen-bond acceptors (Lipinski definition) is 5. The van der Waals surface area contributed by atoms with E-state index in [4.69, 9.17) is 5.11 Å². The van der Waals surface area contributed by atoms with Crippen LogP contribution >= 0.6 is 11.3 Å². The molecule has 0 amide bonds. The second kappa shape index (κ2) is 5.24. The SMILES string of the molecule is Cn1cc(CCNc2nc3c(s2)CCC3C(=O)O)cn1. The molecule has 1 aliphatic rings. The Kier molecular flexibility index (Phi) is 3.43. The van der Waals surface area contributed by atoms with Crippen molar-refractivity contribution in [3.05, 3.63) is 28.5 Å². The first-order chi connectivity index (χ1) is 9.63. The van der Waals surface area contributed by atoms with E-state index < -0.39 is 11.9 Å². The number of fused-ring (bicyclic) bond motifs is 1. The lowest BCUT2D eigenvalue weighted by atomic mass is 10.1. The van der Waals surface area contributed by atoms with E-state index >= 15 is 0 Å². The highest BCUT2D eigenvalue weighted by molar-refractivity contribution is 7.15. The zero-order chi connectivity index (χ0) is 14.1. The van der Waals surface area contributed by atoms with Crippen LogP contribution in [0.25, 0.3) is 0 Å². The van der Waals surface area contributed by atoms with E-state index in [9.17, 15) is 4.79 Å². The van der Waals surface area contributed by atoms with Gasteiger partial charge in [-0.25, -0.2) is 4.98 Å². The maximum absolute atomic E-state index is 11.1. The molecule has 1 aliphatic carbocycles. The Balaban J connectivity index is 1.59. The molecule has 106 valence electrons. The van der Waals surface area contributed by atoms with E-state index in [-0.39, 0.29) is 0 Å². The number of aromatic nitrogens is 3. The zero-order valence-electron chi connectivity index (χ0n) is 11.2. The molecule has 7 heteroatoms. The molecule has 0 fully saturated rings. The summed E-state index contributed by atoms with van der Waals surface area (Å²) in [4.78, 5) is 16.7. The van der Waals surface area contributed by atoms with Gasteiger partial charge in [-0.2, -0.15) is 5.10 Å². The largest absolute Gasteiger partial charge is 0.481 e. The Bertz CT molecular complexity index is 634. The summed E-state index contributed by atoms with van der Waals surface area (Å²) >= 11 is 1.58. The van der Waals surface area contributed by atoms with Gasteiger partial charge in [0.2, 0.25) is 0 Å². The highest BCUT2D eigenvalue weighted by Crippen LogP contribution is 2.38. The zero-order valence-corrected chi connectivity index (χ0v) is 12.0. The topological polar surface area (TPSA) is 80.0 Å². The van der Waals surface area contributed by atoms with Gasteiger partial charge in [0, 0.05) is 24.7 Å². The molecule has 6 nitrogen and oxygen atoms in total. The predicted octanol–water partition coefficient (Wildman–Crippen LogP) is 1.65. The average molecular weight is 292 g/mol. The lowest BCUT2D eigenvalue weighted by Crippen LogP contribution is -2.09. The molecule has 0 radical (unpaired) electrons. The van der Waals surface area contributed by atoms with Gasteiger partial charge in [-0.1, -0.05) is 0 Å². The molecular weight excluding hydrogens is 276 g/mol. The van der Waals surface area contributed by atoms with Crippen LogP contribution in [0.2, 0.25) is 0 Å². The summed E-state index contributed by atoms with van der Waals surface area (Å²) < 4.78 is 1.78. The summed E-state index contributed by atoms with van der Waals surface area (Å²) in [5.41, 5.74) is 1.93. The molecule has 0 spiro atoms. The van der Waals surface area contributed by atoms with Crippen molar-refractivity contribution < 1.29 is 9.90 Å². The number of carboxylic acid groups (broad SMARTS) is 1. The third-order valence-corrected chi connectivity index (χ3v) is 4.55. The number of anilines is 1. The van der Waals surface area contributed by atoms with Gasteiger partial charge in [0.05, 0.1) is 11.9 Å². The minimum absolute atomic E-state index is 0.421. The van der Waals surface area contributed by atoms with Crippen molar-refractivity contribution in [3.63, 3.8) is 0 Å². The highest BCUT2D eigenvalue weighted by atomic mass is 32.1. The summed E-state index contributed by atoms with van der Waals surface area (Å²) in [5, 5.41) is 17.3. The first-order valence-electron chi connectivity index (χ1n) is 6.57. The van der Waals surface area contributed by atoms with Gasteiger partial charge in [0.25, 0.3) is 0 Å². The van der Waals surface area contributed by atoms with Crippen molar-refractivity contribution >= 4 is 22.4 Å². The average Bonchev–Trinajstić information content (AvgIpc) is 3.04. The number of hydrogen-bond donors (Lipinski definition) is 2. The number of carboxylic acids is 1. The van der Waals surface area contributed by atoms with E-state index in [0.29, 0.717) is 6.42 Å². The fraction of sp³-hybridized carbons (Fsp3) is 0.462. The van der Waals surface area contributed by atoms with Crippen LogP contribution < -0.4 is 5.32 Å². The van der Waals surface area contributed by atoms with Crippen LogP contribution in [-0.2, 0) is 24.7 Å². The van der Waals surface area contributed by atoms with Crippen LogP contribution in [-0.4, -0.2) is 32.4 Å². The normalized spacial score (nSPS) is 17.1. The lowest BCUT2D eigenvalue weighted by molar-refractivity contribution is -0.138. The summed E-state index contributed by atoms with van der Waals surface area (Å²) in [7, 11) is 1.90. The van der Waals surface area contributed by atoms with Crippen LogP contribution in [0.15, 0.2) is 12.4 Å². The Morgan fingerprint density at radius 3 is 3.20 bits per heavy atom. The Labute approximate surface area is 120 Å². The first kappa shape index (κ1) is 13.1. The molecule has 0 aliphatic heterocycles. The highest BCUT2D eigenvalue weighted by Gasteiger charge is 2.32. The van der Waals surface area contributed by atoms with Gasteiger partial charge in [0.1, 0.15) is 5.92 Å². The van der Waals surface area contributed by atoms with Crippen molar-refractivity contribution in [2.45, 2.75) is 25.2 Å². The summed E-state index contributed by atoms with van der Waals surface area (Å²) in [6.07, 6.45) is 6.22. The van der Waals surface area contributed by atoms with Gasteiger partial charge in [-0.15, -0.1) is 11.3 Å². The number of thiazole rings is 1. The molecule has 2 heterocycles. The van der Waals surface area contributed by atoms with E-state index in [0.717, 1.165) is 35.1 Å². The molecule has 2 aromatic rings. The molecule has 0 aromatic carbocycles. The van der Waals surface area contributed by atoms with Crippen molar-refractivity contribution in [3.8, 4) is 0 Å². The number of rotatable bonds is 5. The number of nitrogens with one attached hydrogen (secondary N) is 1. The third kappa shape index (κ3) is 2.53. The standard InChI is InChI=1S/C13H16N4O2S/c1-17-7-8(6-15-17)4-5-14-13-16-11-9(12(18)19)2-3-10(11)20-13/h6-7,9H,2-5H2,1H3,(H,14,16)(H,18,19). The van der Waals surface area contributed by atoms with E-state index in [2.05, 4.69) is 15.4 Å². The second-order valence-corrected chi connectivity index (χ2v) is 6.04. The molecule has 20 heavy (non-hydrogen) atoms. The maximum Gasteiger partial charge on any atom is 0.312 e. The summed E-state index contributed by atoms with van der Waals surface area (Å²) in [6.45, 7) is 0.774. The third-order valence-electron chi connectivity index (χ3n) is 3.46. The molecular formula is C13H16N4O2S. The molecule has 2 aromatic heterocycles. The van der Waals surface area contributed by atoms with Crippen molar-refractivity contribution in [1.82, 2.24) is 14.8 Å². The van der Waals surface area contributed by atoms with Crippen LogP contribution in [0, 0.1) is 0 Å². The smallest absolute Gasteiger partial charge is 0.312 e. The number of nitrogens with zero attached hydrogens (tertiary/aromatic N) is 3. The van der Waals surface area contributed by atoms with Gasteiger partial charge in [-0.3, -0.25) is 9.48 Å². The second-order valence-electron chi connectivity index (χ2n) is 4.96. The fourth-order valence-electron chi connectivity index (χ4n) is 2.46. The molecule has 1 unspecified atom stereocenters. The predicted molar refractivity (Wildman–Crippen MR) is 76.2 cm³/mol. The lowest BCUT2D eigenvalue weighted by Gasteiger charge is -2.03. The number of carbonyl (C=O) groups is 1. The van der Waals surface area contributed by atoms with Gasteiger partial charge in [-0.05, 0) is 24.8 Å². The summed E-state index contributed by atoms with van der Waals surface area (Å²) in [6, 6.07) is 0. The van der Waals surface area contributed by atoms with E-state index in [1.165, 1.54) is 5.56 Å². The molecule has 0 saturated heterocycles. The molecule has 2 N–H and O–H groups in total. The molecule has 0 bridgehead atoms. The summed E-state index contributed by atoms with van der Waals surface area (Å²) in [5.74, 6) is -1.19. The quantitative estimate of drug-likeness (QED) is 0.876. The van der Waals surface area contributed by atoms with Gasteiger partial charge < -0.3 is 10.4 Å². The maximum atomic E-state index is 11.1. The van der Waals surface area contributed by atoms with E-state index in [1.54, 1.807) is 16.0 Å². The number of aliphatic carboxylic acids is 1. The van der Waals surface area contributed by atoms with Crippen molar-refractivity contribution in [2.24, 2.45) is 7.05 Å². The van der Waals surface area contributed by atoms with Crippen LogP contribution in [0.1, 0.15) is 28.5 Å². The Morgan fingerprint density at radius 2 is 2.50 bits per heavy atom. The monoisotopic (exact) mass is 292 g/mol. The molecule has 1 atom stereocenters.